The molecule has 0 radical (unpaired) electrons. The number of allylic oxidation sites excluding steroid dienone is 1. The van der Waals surface area contributed by atoms with E-state index in [-0.39, 0.29) is 5.04 Å². The van der Waals surface area contributed by atoms with Crippen molar-refractivity contribution in [3.8, 4) is 0 Å². The zero-order valence-electron chi connectivity index (χ0n) is 8.81. The second kappa shape index (κ2) is 4.21. The molecule has 0 aromatic carbocycles. The van der Waals surface area contributed by atoms with E-state index in [1.165, 1.54) is 0 Å². The molecular formula is C9H20O2Si. The highest BCUT2D eigenvalue weighted by Gasteiger charge is 2.46. The molecular weight excluding hydrogens is 168 g/mol. The largest absolute Gasteiger partial charge is 0.397 e. The molecule has 12 heavy (non-hydrogen) atoms. The van der Waals surface area contributed by atoms with Gasteiger partial charge in [-0.25, -0.2) is 0 Å². The Morgan fingerprint density at radius 1 is 1.25 bits per heavy atom. The van der Waals surface area contributed by atoms with Crippen LogP contribution >= 0.6 is 0 Å². The normalized spacial score (nSPS) is 13.1. The molecule has 72 valence electrons. The second-order valence-electron chi connectivity index (χ2n) is 3.90. The van der Waals surface area contributed by atoms with Gasteiger partial charge in [-0.15, -0.1) is 6.58 Å². The smallest absolute Gasteiger partial charge is 0.347 e. The Bertz CT molecular complexity index is 145. The molecule has 3 heteroatoms. The van der Waals surface area contributed by atoms with Crippen LogP contribution in [0.15, 0.2) is 12.7 Å². The average Bonchev–Trinajstić information content (AvgIpc) is 1.98. The van der Waals surface area contributed by atoms with Crippen LogP contribution in [0.4, 0.5) is 0 Å². The van der Waals surface area contributed by atoms with Crippen LogP contribution in [0.2, 0.25) is 11.1 Å². The zero-order chi connectivity index (χ0) is 9.83. The summed E-state index contributed by atoms with van der Waals surface area (Å²) in [7, 11) is 1.39. The minimum atomic E-state index is -2.06. The van der Waals surface area contributed by atoms with Gasteiger partial charge in [0.1, 0.15) is 0 Å². The van der Waals surface area contributed by atoms with Crippen LogP contribution in [-0.4, -0.2) is 22.8 Å². The maximum absolute atomic E-state index is 5.54. The Morgan fingerprint density at radius 2 is 1.67 bits per heavy atom. The fraction of sp³-hybridized carbons (Fsp3) is 0.778. The van der Waals surface area contributed by atoms with Crippen LogP contribution in [0, 0.1) is 0 Å². The van der Waals surface area contributed by atoms with Gasteiger partial charge < -0.3 is 8.85 Å². The highest BCUT2D eigenvalue weighted by molar-refractivity contribution is 6.70. The fourth-order valence-electron chi connectivity index (χ4n) is 1.36. The third-order valence-corrected chi connectivity index (χ3v) is 6.65. The first-order valence-corrected chi connectivity index (χ1v) is 6.17. The minimum absolute atomic E-state index is 0.0880. The number of hydrogen-bond donors (Lipinski definition) is 0. The van der Waals surface area contributed by atoms with E-state index < -0.39 is 8.56 Å². The average molecular weight is 188 g/mol. The third-order valence-electron chi connectivity index (χ3n) is 2.22. The van der Waals surface area contributed by atoms with Gasteiger partial charge in [-0.1, -0.05) is 26.8 Å². The van der Waals surface area contributed by atoms with Crippen LogP contribution in [0.1, 0.15) is 20.8 Å². The van der Waals surface area contributed by atoms with Gasteiger partial charge in [0.15, 0.2) is 0 Å². The van der Waals surface area contributed by atoms with Crippen LogP contribution in [-0.2, 0) is 8.85 Å². The van der Waals surface area contributed by atoms with E-state index in [0.29, 0.717) is 0 Å². The first-order valence-electron chi connectivity index (χ1n) is 4.14. The molecule has 0 atom stereocenters. The summed E-state index contributed by atoms with van der Waals surface area (Å²) in [6.45, 7) is 10.2. The van der Waals surface area contributed by atoms with E-state index in [1.807, 2.05) is 6.08 Å². The van der Waals surface area contributed by atoms with Gasteiger partial charge in [-0.05, 0) is 0 Å². The molecule has 0 aliphatic heterocycles. The van der Waals surface area contributed by atoms with Crippen LogP contribution in [0.5, 0.6) is 0 Å². The van der Waals surface area contributed by atoms with E-state index in [1.54, 1.807) is 14.2 Å². The van der Waals surface area contributed by atoms with E-state index in [0.717, 1.165) is 6.04 Å². The maximum Gasteiger partial charge on any atom is 0.347 e. The molecule has 0 aromatic heterocycles. The lowest BCUT2D eigenvalue weighted by molar-refractivity contribution is 0.217. The molecule has 0 N–H and O–H groups in total. The Kier molecular flexibility index (Phi) is 4.17. The predicted octanol–water partition coefficient (Wildman–Crippen LogP) is 2.71. The Labute approximate surface area is 76.8 Å². The molecule has 0 spiro atoms. The summed E-state index contributed by atoms with van der Waals surface area (Å²) in [6.07, 6.45) is 1.88. The monoisotopic (exact) mass is 188 g/mol. The molecule has 0 aliphatic carbocycles. The van der Waals surface area contributed by atoms with E-state index >= 15 is 0 Å². The van der Waals surface area contributed by atoms with Crippen molar-refractivity contribution in [1.29, 1.82) is 0 Å². The van der Waals surface area contributed by atoms with Gasteiger partial charge in [0.05, 0.1) is 0 Å². The number of hydrogen-bond acceptors (Lipinski definition) is 2. The fourth-order valence-corrected chi connectivity index (χ4v) is 4.08. The highest BCUT2D eigenvalue weighted by atomic mass is 28.4. The molecule has 0 fully saturated rings. The van der Waals surface area contributed by atoms with Crippen molar-refractivity contribution in [2.45, 2.75) is 31.9 Å². The van der Waals surface area contributed by atoms with E-state index in [2.05, 4.69) is 27.4 Å². The quantitative estimate of drug-likeness (QED) is 0.499. The van der Waals surface area contributed by atoms with Crippen LogP contribution in [0.25, 0.3) is 0 Å². The first kappa shape index (κ1) is 11.9. The third kappa shape index (κ3) is 2.18. The Hall–Kier alpha value is -0.123. The molecule has 0 saturated carbocycles. The maximum atomic E-state index is 5.54. The number of rotatable bonds is 4. The topological polar surface area (TPSA) is 18.5 Å². The molecule has 0 aromatic rings. The van der Waals surface area contributed by atoms with Gasteiger partial charge in [0.2, 0.25) is 0 Å². The van der Waals surface area contributed by atoms with Crippen molar-refractivity contribution < 1.29 is 8.85 Å². The van der Waals surface area contributed by atoms with E-state index in [4.69, 9.17) is 8.85 Å². The zero-order valence-corrected chi connectivity index (χ0v) is 9.81. The Balaban J connectivity index is 4.68. The second-order valence-corrected chi connectivity index (χ2v) is 8.13. The molecule has 0 bridgehead atoms. The van der Waals surface area contributed by atoms with Crippen molar-refractivity contribution >= 4 is 8.56 Å². The van der Waals surface area contributed by atoms with Crippen molar-refractivity contribution in [3.05, 3.63) is 12.7 Å². The lowest BCUT2D eigenvalue weighted by atomic mass is 10.2. The van der Waals surface area contributed by atoms with Crippen molar-refractivity contribution in [1.82, 2.24) is 0 Å². The van der Waals surface area contributed by atoms with Crippen LogP contribution < -0.4 is 0 Å². The summed E-state index contributed by atoms with van der Waals surface area (Å²) in [5.41, 5.74) is 0. The molecule has 0 rings (SSSR count). The summed E-state index contributed by atoms with van der Waals surface area (Å²) in [5, 5.41) is 0.0880. The van der Waals surface area contributed by atoms with E-state index in [9.17, 15) is 0 Å². The van der Waals surface area contributed by atoms with Crippen LogP contribution in [0.3, 0.4) is 0 Å². The lowest BCUT2D eigenvalue weighted by Crippen LogP contribution is -2.48. The standard InChI is InChI=1S/C9H20O2Si/c1-7-8-12(10-5,11-6)9(2,3)4/h7H,1,8H2,2-6H3. The van der Waals surface area contributed by atoms with Gasteiger partial charge in [0, 0.05) is 25.3 Å². The first-order chi connectivity index (χ1) is 5.43. The highest BCUT2D eigenvalue weighted by Crippen LogP contribution is 2.39. The molecule has 0 saturated heterocycles. The van der Waals surface area contributed by atoms with Crippen molar-refractivity contribution in [2.75, 3.05) is 14.2 Å². The molecule has 0 amide bonds. The molecule has 0 aliphatic rings. The summed E-state index contributed by atoms with van der Waals surface area (Å²) < 4.78 is 11.1. The van der Waals surface area contributed by atoms with Gasteiger partial charge in [-0.3, -0.25) is 0 Å². The molecule has 0 unspecified atom stereocenters. The summed E-state index contributed by atoms with van der Waals surface area (Å²) in [6, 6.07) is 0.837. The van der Waals surface area contributed by atoms with Crippen molar-refractivity contribution in [2.24, 2.45) is 0 Å². The summed E-state index contributed by atoms with van der Waals surface area (Å²) >= 11 is 0. The van der Waals surface area contributed by atoms with Gasteiger partial charge in [0.25, 0.3) is 0 Å². The summed E-state index contributed by atoms with van der Waals surface area (Å²) in [5.74, 6) is 0. The van der Waals surface area contributed by atoms with Crippen molar-refractivity contribution in [3.63, 3.8) is 0 Å². The minimum Gasteiger partial charge on any atom is -0.397 e. The SMILES string of the molecule is C=CC[Si](OC)(OC)C(C)(C)C. The van der Waals surface area contributed by atoms with Gasteiger partial charge >= 0.3 is 8.56 Å². The lowest BCUT2D eigenvalue weighted by Gasteiger charge is -2.38. The molecule has 2 nitrogen and oxygen atoms in total. The Morgan fingerprint density at radius 3 is 1.75 bits per heavy atom. The molecule has 0 heterocycles. The van der Waals surface area contributed by atoms with Gasteiger partial charge in [-0.2, -0.15) is 0 Å². The predicted molar refractivity (Wildman–Crippen MR) is 54.5 cm³/mol. The summed E-state index contributed by atoms with van der Waals surface area (Å²) in [4.78, 5) is 0.